The lowest BCUT2D eigenvalue weighted by molar-refractivity contribution is 0.0902. The number of amides is 1. The van der Waals surface area contributed by atoms with Crippen molar-refractivity contribution in [1.82, 2.24) is 20.3 Å². The van der Waals surface area contributed by atoms with Crippen molar-refractivity contribution in [3.8, 4) is 5.69 Å². The Morgan fingerprint density at radius 3 is 2.50 bits per heavy atom. The zero-order chi connectivity index (χ0) is 17.6. The zero-order valence-corrected chi connectivity index (χ0v) is 14.6. The number of hydrogen-bond acceptors (Lipinski definition) is 4. The SMILES string of the molecule is CCC(CC)(CCO)CNC(=O)c1cn(-c2ccc(C)cc2)nn1. The number of aromatic nitrogens is 3. The first-order chi connectivity index (χ1) is 11.5. The van der Waals surface area contributed by atoms with E-state index in [1.165, 1.54) is 0 Å². The lowest BCUT2D eigenvalue weighted by atomic mass is 9.79. The standard InChI is InChI=1S/C18H26N4O2/c1-4-18(5-2,10-11-23)13-19-17(24)16-12-22(21-20-16)15-8-6-14(3)7-9-15/h6-9,12,23H,4-5,10-11,13H2,1-3H3,(H,19,24). The van der Waals surface area contributed by atoms with Gasteiger partial charge in [-0.3, -0.25) is 4.79 Å². The maximum atomic E-state index is 12.3. The van der Waals surface area contributed by atoms with Crippen LogP contribution in [-0.4, -0.2) is 39.2 Å². The first kappa shape index (κ1) is 18.1. The zero-order valence-electron chi connectivity index (χ0n) is 14.6. The third-order valence-electron chi connectivity index (χ3n) is 4.79. The molecular weight excluding hydrogens is 304 g/mol. The number of carbonyl (C=O) groups excluding carboxylic acids is 1. The highest BCUT2D eigenvalue weighted by molar-refractivity contribution is 5.91. The lowest BCUT2D eigenvalue weighted by Gasteiger charge is -2.31. The van der Waals surface area contributed by atoms with Crippen molar-refractivity contribution in [3.05, 3.63) is 41.7 Å². The molecule has 0 atom stereocenters. The molecule has 2 rings (SSSR count). The molecule has 0 spiro atoms. The van der Waals surface area contributed by atoms with Gasteiger partial charge in [0.25, 0.3) is 5.91 Å². The minimum absolute atomic E-state index is 0.0721. The summed E-state index contributed by atoms with van der Waals surface area (Å²) in [6.45, 7) is 6.83. The van der Waals surface area contributed by atoms with Crippen LogP contribution in [-0.2, 0) is 0 Å². The highest BCUT2D eigenvalue weighted by atomic mass is 16.3. The van der Waals surface area contributed by atoms with E-state index in [-0.39, 0.29) is 17.9 Å². The van der Waals surface area contributed by atoms with Gasteiger partial charge in [0, 0.05) is 13.2 Å². The molecule has 0 aliphatic rings. The Labute approximate surface area is 142 Å². The Morgan fingerprint density at radius 1 is 1.25 bits per heavy atom. The molecule has 0 fully saturated rings. The molecular formula is C18H26N4O2. The molecule has 1 amide bonds. The smallest absolute Gasteiger partial charge is 0.273 e. The van der Waals surface area contributed by atoms with Crippen LogP contribution < -0.4 is 5.32 Å². The number of aryl methyl sites for hydroxylation is 1. The highest BCUT2D eigenvalue weighted by Crippen LogP contribution is 2.29. The van der Waals surface area contributed by atoms with E-state index in [2.05, 4.69) is 29.5 Å². The highest BCUT2D eigenvalue weighted by Gasteiger charge is 2.26. The van der Waals surface area contributed by atoms with E-state index in [1.807, 2.05) is 31.2 Å². The largest absolute Gasteiger partial charge is 0.396 e. The maximum absolute atomic E-state index is 12.3. The Balaban J connectivity index is 2.04. The first-order valence-corrected chi connectivity index (χ1v) is 8.42. The number of aliphatic hydroxyl groups is 1. The molecule has 6 nitrogen and oxygen atoms in total. The van der Waals surface area contributed by atoms with Crippen molar-refractivity contribution >= 4 is 5.91 Å². The van der Waals surface area contributed by atoms with E-state index in [9.17, 15) is 9.90 Å². The van der Waals surface area contributed by atoms with Gasteiger partial charge in [0.1, 0.15) is 0 Å². The molecule has 0 radical (unpaired) electrons. The number of hydrogen-bond donors (Lipinski definition) is 2. The van der Waals surface area contributed by atoms with Gasteiger partial charge in [0.05, 0.1) is 11.9 Å². The Kier molecular flexibility index (Phi) is 6.09. The van der Waals surface area contributed by atoms with Gasteiger partial charge in [-0.05, 0) is 43.7 Å². The number of aliphatic hydroxyl groups excluding tert-OH is 1. The van der Waals surface area contributed by atoms with Crippen LogP contribution >= 0.6 is 0 Å². The number of carbonyl (C=O) groups is 1. The van der Waals surface area contributed by atoms with Gasteiger partial charge >= 0.3 is 0 Å². The van der Waals surface area contributed by atoms with Crippen LogP contribution in [0, 0.1) is 12.3 Å². The summed E-state index contributed by atoms with van der Waals surface area (Å²) >= 11 is 0. The van der Waals surface area contributed by atoms with Crippen molar-refractivity contribution in [2.24, 2.45) is 5.41 Å². The quantitative estimate of drug-likeness (QED) is 0.779. The van der Waals surface area contributed by atoms with E-state index in [1.54, 1.807) is 10.9 Å². The van der Waals surface area contributed by atoms with Gasteiger partial charge in [-0.1, -0.05) is 36.8 Å². The second-order valence-corrected chi connectivity index (χ2v) is 6.25. The molecule has 24 heavy (non-hydrogen) atoms. The molecule has 0 unspecified atom stereocenters. The fourth-order valence-corrected chi connectivity index (χ4v) is 2.73. The molecule has 0 aliphatic carbocycles. The van der Waals surface area contributed by atoms with Crippen LogP contribution in [0.4, 0.5) is 0 Å². The van der Waals surface area contributed by atoms with E-state index >= 15 is 0 Å². The topological polar surface area (TPSA) is 80.0 Å². The Hall–Kier alpha value is -2.21. The molecule has 0 aliphatic heterocycles. The van der Waals surface area contributed by atoms with Crippen molar-refractivity contribution in [1.29, 1.82) is 0 Å². The summed E-state index contributed by atoms with van der Waals surface area (Å²) in [4.78, 5) is 12.3. The molecule has 0 saturated heterocycles. The molecule has 6 heteroatoms. The molecule has 2 N–H and O–H groups in total. The van der Waals surface area contributed by atoms with Crippen molar-refractivity contribution in [2.75, 3.05) is 13.2 Å². The fraction of sp³-hybridized carbons (Fsp3) is 0.500. The van der Waals surface area contributed by atoms with Crippen LogP contribution in [0.2, 0.25) is 0 Å². The molecule has 2 aromatic rings. The van der Waals surface area contributed by atoms with E-state index in [0.29, 0.717) is 18.7 Å². The third-order valence-corrected chi connectivity index (χ3v) is 4.79. The maximum Gasteiger partial charge on any atom is 0.273 e. The summed E-state index contributed by atoms with van der Waals surface area (Å²) in [5, 5.41) is 20.2. The average molecular weight is 330 g/mol. The van der Waals surface area contributed by atoms with Crippen molar-refractivity contribution in [3.63, 3.8) is 0 Å². The molecule has 130 valence electrons. The van der Waals surface area contributed by atoms with Crippen molar-refractivity contribution in [2.45, 2.75) is 40.0 Å². The summed E-state index contributed by atoms with van der Waals surface area (Å²) in [6.07, 6.45) is 4.11. The number of rotatable bonds is 8. The Morgan fingerprint density at radius 2 is 1.92 bits per heavy atom. The first-order valence-electron chi connectivity index (χ1n) is 8.42. The van der Waals surface area contributed by atoms with Gasteiger partial charge in [0.2, 0.25) is 0 Å². The van der Waals surface area contributed by atoms with Gasteiger partial charge in [0.15, 0.2) is 5.69 Å². The number of nitrogens with one attached hydrogen (secondary N) is 1. The minimum atomic E-state index is -0.238. The summed E-state index contributed by atoms with van der Waals surface area (Å²) in [7, 11) is 0. The summed E-state index contributed by atoms with van der Waals surface area (Å²) in [5.41, 5.74) is 2.25. The fourth-order valence-electron chi connectivity index (χ4n) is 2.73. The predicted molar refractivity (Wildman–Crippen MR) is 93.1 cm³/mol. The summed E-state index contributed by atoms with van der Waals surface area (Å²) in [6, 6.07) is 7.85. The second kappa shape index (κ2) is 8.06. The van der Waals surface area contributed by atoms with Crippen LogP contribution in [0.5, 0.6) is 0 Å². The third kappa shape index (κ3) is 4.20. The van der Waals surface area contributed by atoms with E-state index < -0.39 is 0 Å². The van der Waals surface area contributed by atoms with E-state index in [0.717, 1.165) is 24.1 Å². The van der Waals surface area contributed by atoms with Gasteiger partial charge in [-0.15, -0.1) is 5.10 Å². The second-order valence-electron chi connectivity index (χ2n) is 6.25. The summed E-state index contributed by atoms with van der Waals surface area (Å²) in [5.74, 6) is -0.238. The molecule has 1 aromatic heterocycles. The minimum Gasteiger partial charge on any atom is -0.396 e. The number of benzene rings is 1. The monoisotopic (exact) mass is 330 g/mol. The van der Waals surface area contributed by atoms with Gasteiger partial charge in [-0.25, -0.2) is 4.68 Å². The number of nitrogens with zero attached hydrogens (tertiary/aromatic N) is 3. The van der Waals surface area contributed by atoms with Crippen LogP contribution in [0.15, 0.2) is 30.5 Å². The normalized spacial score (nSPS) is 11.5. The average Bonchev–Trinajstić information content (AvgIpc) is 3.09. The van der Waals surface area contributed by atoms with E-state index in [4.69, 9.17) is 0 Å². The van der Waals surface area contributed by atoms with Gasteiger partial charge < -0.3 is 10.4 Å². The van der Waals surface area contributed by atoms with Crippen LogP contribution in [0.25, 0.3) is 5.69 Å². The summed E-state index contributed by atoms with van der Waals surface area (Å²) < 4.78 is 1.59. The molecule has 1 heterocycles. The van der Waals surface area contributed by atoms with Crippen molar-refractivity contribution < 1.29 is 9.90 Å². The van der Waals surface area contributed by atoms with Gasteiger partial charge in [-0.2, -0.15) is 0 Å². The molecule has 0 bridgehead atoms. The molecule has 1 aromatic carbocycles. The van der Waals surface area contributed by atoms with Crippen LogP contribution in [0.3, 0.4) is 0 Å². The van der Waals surface area contributed by atoms with Crippen LogP contribution in [0.1, 0.15) is 49.2 Å². The predicted octanol–water partition coefficient (Wildman–Crippen LogP) is 2.49. The Bertz CT molecular complexity index is 660. The molecule has 0 saturated carbocycles. The lowest BCUT2D eigenvalue weighted by Crippen LogP contribution is -2.37.